The number of hydrogen-bond donors (Lipinski definition) is 0. The first-order valence-corrected chi connectivity index (χ1v) is 6.65. The van der Waals surface area contributed by atoms with Crippen LogP contribution in [0.25, 0.3) is 11.0 Å². The average molecular weight is 344 g/mol. The van der Waals surface area contributed by atoms with E-state index >= 15 is 0 Å². The zero-order valence-corrected chi connectivity index (χ0v) is 11.8. The van der Waals surface area contributed by atoms with Crippen molar-refractivity contribution in [1.29, 1.82) is 0 Å². The highest BCUT2D eigenvalue weighted by Crippen LogP contribution is 2.39. The van der Waals surface area contributed by atoms with E-state index in [1.54, 1.807) is 24.3 Å². The van der Waals surface area contributed by atoms with Gasteiger partial charge in [-0.2, -0.15) is 22.0 Å². The molecular weight excluding hydrogens is 335 g/mol. The van der Waals surface area contributed by atoms with Crippen molar-refractivity contribution in [2.45, 2.75) is 12.8 Å². The van der Waals surface area contributed by atoms with Crippen molar-refractivity contribution >= 4 is 11.0 Å². The lowest BCUT2D eigenvalue weighted by Gasteiger charge is -2.13. The van der Waals surface area contributed by atoms with Gasteiger partial charge in [0.15, 0.2) is 11.5 Å². The molecule has 1 aromatic heterocycles. The molecule has 0 N–H and O–H groups in total. The number of benzene rings is 2. The molecule has 3 nitrogen and oxygen atoms in total. The first-order valence-electron chi connectivity index (χ1n) is 6.65. The number of hydrogen-bond acceptors (Lipinski definition) is 3. The number of para-hydroxylation sites is 1. The third-order valence-electron chi connectivity index (χ3n) is 3.10. The Morgan fingerprint density at radius 3 is 2.33 bits per heavy atom. The molecule has 0 atom stereocenters. The van der Waals surface area contributed by atoms with Gasteiger partial charge < -0.3 is 13.9 Å². The van der Waals surface area contributed by atoms with Gasteiger partial charge in [0, 0.05) is 11.5 Å². The molecule has 2 aromatic carbocycles. The van der Waals surface area contributed by atoms with Crippen LogP contribution >= 0.6 is 0 Å². The Balaban J connectivity index is 1.96. The molecular formula is C16H9F5O3. The van der Waals surface area contributed by atoms with E-state index in [1.165, 1.54) is 6.07 Å². The van der Waals surface area contributed by atoms with Crippen LogP contribution in [0, 0.1) is 0 Å². The summed E-state index contributed by atoms with van der Waals surface area (Å²) in [7, 11) is 0. The Bertz CT molecular complexity index is 821. The largest absolute Gasteiger partial charge is 0.431 e. The summed E-state index contributed by atoms with van der Waals surface area (Å²) in [6.45, 7) is -3.30. The van der Waals surface area contributed by atoms with Gasteiger partial charge in [0.05, 0.1) is 5.56 Å². The molecule has 0 amide bonds. The lowest BCUT2D eigenvalue weighted by atomic mass is 10.2. The van der Waals surface area contributed by atoms with E-state index < -0.39 is 24.1 Å². The molecule has 0 radical (unpaired) electrons. The number of fused-ring (bicyclic) bond motifs is 1. The molecule has 24 heavy (non-hydrogen) atoms. The van der Waals surface area contributed by atoms with Gasteiger partial charge in [-0.25, -0.2) is 0 Å². The minimum atomic E-state index is -4.70. The van der Waals surface area contributed by atoms with Gasteiger partial charge in [0.25, 0.3) is 5.95 Å². The standard InChI is InChI=1S/C16H9F5O3/c17-15(18)24-13-8-10(16(19,20)21)5-6-12(13)23-14-7-9-3-1-2-4-11(9)22-14/h1-8,15H. The maximum atomic E-state index is 12.7. The zero-order valence-electron chi connectivity index (χ0n) is 11.8. The lowest BCUT2D eigenvalue weighted by molar-refractivity contribution is -0.138. The molecule has 0 fully saturated rings. The molecule has 0 aliphatic rings. The van der Waals surface area contributed by atoms with Gasteiger partial charge in [-0.15, -0.1) is 0 Å². The highest BCUT2D eigenvalue weighted by atomic mass is 19.4. The molecule has 3 rings (SSSR count). The van der Waals surface area contributed by atoms with Gasteiger partial charge in [-0.05, 0) is 24.3 Å². The minimum Gasteiger partial charge on any atom is -0.431 e. The Labute approximate surface area is 132 Å². The third kappa shape index (κ3) is 3.42. The topological polar surface area (TPSA) is 31.6 Å². The SMILES string of the molecule is FC(F)Oc1cc(C(F)(F)F)ccc1Oc1cc2ccccc2o1. The number of ether oxygens (including phenoxy) is 2. The summed E-state index contributed by atoms with van der Waals surface area (Å²) < 4.78 is 77.7. The summed E-state index contributed by atoms with van der Waals surface area (Å²) in [5.74, 6) is -1.11. The summed E-state index contributed by atoms with van der Waals surface area (Å²) in [4.78, 5) is 0. The highest BCUT2D eigenvalue weighted by Gasteiger charge is 2.32. The fraction of sp³-hybridized carbons (Fsp3) is 0.125. The van der Waals surface area contributed by atoms with E-state index in [1.807, 2.05) is 0 Å². The molecule has 126 valence electrons. The first kappa shape index (κ1) is 16.1. The fourth-order valence-corrected chi connectivity index (χ4v) is 2.07. The predicted molar refractivity (Wildman–Crippen MR) is 74.4 cm³/mol. The van der Waals surface area contributed by atoms with Gasteiger partial charge in [-0.3, -0.25) is 0 Å². The first-order chi connectivity index (χ1) is 11.3. The van der Waals surface area contributed by atoms with Crippen LogP contribution in [0.4, 0.5) is 22.0 Å². The van der Waals surface area contributed by atoms with E-state index in [0.29, 0.717) is 23.1 Å². The van der Waals surface area contributed by atoms with E-state index in [9.17, 15) is 22.0 Å². The third-order valence-corrected chi connectivity index (χ3v) is 3.10. The Morgan fingerprint density at radius 1 is 0.917 bits per heavy atom. The highest BCUT2D eigenvalue weighted by molar-refractivity contribution is 5.78. The van der Waals surface area contributed by atoms with Crippen molar-refractivity contribution in [3.63, 3.8) is 0 Å². The molecule has 0 aliphatic carbocycles. The lowest BCUT2D eigenvalue weighted by Crippen LogP contribution is -2.08. The summed E-state index contributed by atoms with van der Waals surface area (Å²) in [5.41, 5.74) is -0.647. The molecule has 0 spiro atoms. The van der Waals surface area contributed by atoms with Crippen molar-refractivity contribution in [1.82, 2.24) is 0 Å². The van der Waals surface area contributed by atoms with Crippen LogP contribution in [-0.2, 0) is 6.18 Å². The molecule has 3 aromatic rings. The maximum absolute atomic E-state index is 12.7. The second-order valence-corrected chi connectivity index (χ2v) is 4.74. The maximum Gasteiger partial charge on any atom is 0.416 e. The summed E-state index contributed by atoms with van der Waals surface area (Å²) in [6.07, 6.45) is -4.70. The molecule has 1 heterocycles. The number of furan rings is 1. The molecule has 0 bridgehead atoms. The van der Waals surface area contributed by atoms with Crippen LogP contribution in [-0.4, -0.2) is 6.61 Å². The van der Waals surface area contributed by atoms with Crippen molar-refractivity contribution in [2.75, 3.05) is 0 Å². The van der Waals surface area contributed by atoms with Gasteiger partial charge in [0.2, 0.25) is 0 Å². The van der Waals surface area contributed by atoms with E-state index in [4.69, 9.17) is 9.15 Å². The average Bonchev–Trinajstić information content (AvgIpc) is 2.89. The molecule has 0 saturated heterocycles. The van der Waals surface area contributed by atoms with Gasteiger partial charge in [-0.1, -0.05) is 18.2 Å². The minimum absolute atomic E-state index is 0.0601. The van der Waals surface area contributed by atoms with E-state index in [0.717, 1.165) is 6.07 Å². The Kier molecular flexibility index (Phi) is 4.04. The fourth-order valence-electron chi connectivity index (χ4n) is 2.07. The van der Waals surface area contributed by atoms with Crippen LogP contribution in [0.15, 0.2) is 52.9 Å². The smallest absolute Gasteiger partial charge is 0.416 e. The molecule has 8 heteroatoms. The monoisotopic (exact) mass is 344 g/mol. The van der Waals surface area contributed by atoms with Gasteiger partial charge >= 0.3 is 12.8 Å². The second kappa shape index (κ2) is 6.03. The number of rotatable bonds is 4. The zero-order chi connectivity index (χ0) is 17.3. The Hall–Kier alpha value is -2.77. The van der Waals surface area contributed by atoms with Crippen LogP contribution in [0.3, 0.4) is 0 Å². The van der Waals surface area contributed by atoms with Crippen LogP contribution in [0.5, 0.6) is 17.4 Å². The van der Waals surface area contributed by atoms with Crippen molar-refractivity contribution in [2.24, 2.45) is 0 Å². The van der Waals surface area contributed by atoms with Crippen LogP contribution < -0.4 is 9.47 Å². The van der Waals surface area contributed by atoms with Crippen LogP contribution in [0.2, 0.25) is 0 Å². The predicted octanol–water partition coefficient (Wildman–Crippen LogP) is 5.85. The summed E-state index contributed by atoms with van der Waals surface area (Å²) >= 11 is 0. The van der Waals surface area contributed by atoms with E-state index in [2.05, 4.69) is 4.74 Å². The summed E-state index contributed by atoms with van der Waals surface area (Å²) in [5, 5.41) is 0.690. The van der Waals surface area contributed by atoms with Crippen molar-refractivity contribution < 1.29 is 35.8 Å². The number of halogens is 5. The Morgan fingerprint density at radius 2 is 1.67 bits per heavy atom. The normalized spacial score (nSPS) is 11.9. The molecule has 0 aliphatic heterocycles. The van der Waals surface area contributed by atoms with Crippen molar-refractivity contribution in [3.05, 3.63) is 54.1 Å². The van der Waals surface area contributed by atoms with E-state index in [-0.39, 0.29) is 11.7 Å². The molecule has 0 unspecified atom stereocenters. The van der Waals surface area contributed by atoms with Gasteiger partial charge in [0.1, 0.15) is 5.58 Å². The quantitative estimate of drug-likeness (QED) is 0.557. The number of alkyl halides is 5. The van der Waals surface area contributed by atoms with Crippen molar-refractivity contribution in [3.8, 4) is 17.4 Å². The molecule has 0 saturated carbocycles. The van der Waals surface area contributed by atoms with Crippen LogP contribution in [0.1, 0.15) is 5.56 Å². The summed E-state index contributed by atoms with van der Waals surface area (Å²) in [6, 6.07) is 10.4. The second-order valence-electron chi connectivity index (χ2n) is 4.74.